The average molecular weight is 286 g/mol. The molecular weight excluding hydrogens is 264 g/mol. The summed E-state index contributed by atoms with van der Waals surface area (Å²) in [5.74, 6) is 0.517. The maximum atomic E-state index is 12.8. The van der Waals surface area contributed by atoms with Gasteiger partial charge in [-0.1, -0.05) is 32.0 Å². The van der Waals surface area contributed by atoms with Gasteiger partial charge in [0.2, 0.25) is 0 Å². The van der Waals surface area contributed by atoms with E-state index in [1.807, 2.05) is 36.2 Å². The van der Waals surface area contributed by atoms with Crippen molar-refractivity contribution in [2.45, 2.75) is 19.9 Å². The largest absolute Gasteiger partial charge is 0.335 e. The molecule has 1 N–H and O–H groups in total. The summed E-state index contributed by atoms with van der Waals surface area (Å²) in [6, 6.07) is 8.27. The first-order chi connectivity index (χ1) is 10.1. The Bertz CT molecular complexity index is 663. The van der Waals surface area contributed by atoms with E-state index in [0.717, 1.165) is 30.5 Å². The molecule has 21 heavy (non-hydrogen) atoms. The molecular formula is C16H22N4O. The van der Waals surface area contributed by atoms with Crippen LogP contribution >= 0.6 is 0 Å². The molecule has 1 aliphatic heterocycles. The summed E-state index contributed by atoms with van der Waals surface area (Å²) in [4.78, 5) is 14.7. The molecule has 1 aromatic heterocycles. The highest BCUT2D eigenvalue weighted by atomic mass is 16.2. The summed E-state index contributed by atoms with van der Waals surface area (Å²) in [7, 11) is 1.88. The molecule has 0 saturated carbocycles. The van der Waals surface area contributed by atoms with Gasteiger partial charge in [-0.25, -0.2) is 0 Å². The Labute approximate surface area is 124 Å². The smallest absolute Gasteiger partial charge is 0.275 e. The molecule has 1 aromatic carbocycles. The minimum absolute atomic E-state index is 0.0408. The summed E-state index contributed by atoms with van der Waals surface area (Å²) in [5.41, 5.74) is 1.56. The number of nitrogens with one attached hydrogen (secondary N) is 1. The van der Waals surface area contributed by atoms with Crippen LogP contribution in [0.1, 0.15) is 24.3 Å². The monoisotopic (exact) mass is 286 g/mol. The minimum atomic E-state index is 0.0408. The first-order valence-electron chi connectivity index (χ1n) is 7.56. The molecule has 5 heteroatoms. The predicted molar refractivity (Wildman–Crippen MR) is 83.2 cm³/mol. The van der Waals surface area contributed by atoms with E-state index in [-0.39, 0.29) is 5.91 Å². The van der Waals surface area contributed by atoms with E-state index >= 15 is 0 Å². The first-order valence-corrected chi connectivity index (χ1v) is 7.56. The number of amides is 1. The normalized spacial score (nSPS) is 22.1. The lowest BCUT2D eigenvalue weighted by molar-refractivity contribution is 0.0781. The fourth-order valence-electron chi connectivity index (χ4n) is 3.18. The van der Waals surface area contributed by atoms with Crippen LogP contribution in [0.25, 0.3) is 10.9 Å². The maximum absolute atomic E-state index is 12.8. The van der Waals surface area contributed by atoms with E-state index < -0.39 is 0 Å². The molecule has 2 heterocycles. The number of likely N-dealkylation sites (tertiary alicyclic amines) is 1. The number of hydrogen-bond acceptors (Lipinski definition) is 3. The van der Waals surface area contributed by atoms with Gasteiger partial charge in [-0.3, -0.25) is 9.48 Å². The number of carbonyl (C=O) groups excluding carboxylic acids is 1. The van der Waals surface area contributed by atoms with E-state index in [0.29, 0.717) is 17.7 Å². The summed E-state index contributed by atoms with van der Waals surface area (Å²) in [5, 5.41) is 8.82. The molecule has 1 saturated heterocycles. The van der Waals surface area contributed by atoms with E-state index in [4.69, 9.17) is 0 Å². The topological polar surface area (TPSA) is 50.2 Å². The number of fused-ring (bicyclic) bond motifs is 1. The molecule has 1 fully saturated rings. The van der Waals surface area contributed by atoms with Gasteiger partial charge in [-0.05, 0) is 18.5 Å². The van der Waals surface area contributed by atoms with Crippen LogP contribution in [0.15, 0.2) is 24.3 Å². The summed E-state index contributed by atoms with van der Waals surface area (Å²) in [6.07, 6.45) is 0. The third-order valence-corrected chi connectivity index (χ3v) is 4.33. The van der Waals surface area contributed by atoms with Crippen molar-refractivity contribution in [3.8, 4) is 0 Å². The highest BCUT2D eigenvalue weighted by molar-refractivity contribution is 6.04. The molecule has 0 spiro atoms. The van der Waals surface area contributed by atoms with Gasteiger partial charge >= 0.3 is 0 Å². The molecule has 1 amide bonds. The van der Waals surface area contributed by atoms with E-state index in [1.165, 1.54) is 0 Å². The SMILES string of the molecule is CCN[C@@H]1CN(C(=O)c2nn(C)c3ccccc23)C[C@@H]1C. The highest BCUT2D eigenvalue weighted by Crippen LogP contribution is 2.23. The van der Waals surface area contributed by atoms with Gasteiger partial charge in [-0.15, -0.1) is 0 Å². The zero-order valence-corrected chi connectivity index (χ0v) is 12.8. The Hall–Kier alpha value is -1.88. The Morgan fingerprint density at radius 1 is 1.38 bits per heavy atom. The average Bonchev–Trinajstić information content (AvgIpc) is 3.01. The number of aryl methyl sites for hydroxylation is 1. The third-order valence-electron chi connectivity index (χ3n) is 4.33. The molecule has 2 atom stereocenters. The van der Waals surface area contributed by atoms with Crippen LogP contribution in [0.2, 0.25) is 0 Å². The van der Waals surface area contributed by atoms with Crippen LogP contribution in [0.5, 0.6) is 0 Å². The lowest BCUT2D eigenvalue weighted by Crippen LogP contribution is -2.36. The molecule has 1 aliphatic rings. The van der Waals surface area contributed by atoms with E-state index in [9.17, 15) is 4.79 Å². The second-order valence-electron chi connectivity index (χ2n) is 5.84. The number of benzene rings is 1. The van der Waals surface area contributed by atoms with Crippen molar-refractivity contribution in [1.82, 2.24) is 20.0 Å². The van der Waals surface area contributed by atoms with Crippen LogP contribution in [0.3, 0.4) is 0 Å². The minimum Gasteiger partial charge on any atom is -0.335 e. The number of rotatable bonds is 3. The second kappa shape index (κ2) is 5.48. The Morgan fingerprint density at radius 2 is 2.14 bits per heavy atom. The standard InChI is InChI=1S/C16H22N4O/c1-4-17-13-10-20(9-11(13)2)16(21)15-12-7-5-6-8-14(12)19(3)18-15/h5-8,11,13,17H,4,9-10H2,1-3H3/t11-,13+/m0/s1. The Balaban J connectivity index is 1.88. The molecule has 5 nitrogen and oxygen atoms in total. The molecule has 0 bridgehead atoms. The first kappa shape index (κ1) is 14.1. The number of carbonyl (C=O) groups is 1. The number of likely N-dealkylation sites (N-methyl/N-ethyl adjacent to an activating group) is 1. The van der Waals surface area contributed by atoms with Crippen molar-refractivity contribution in [1.29, 1.82) is 0 Å². The van der Waals surface area contributed by atoms with Crippen LogP contribution < -0.4 is 5.32 Å². The number of nitrogens with zero attached hydrogens (tertiary/aromatic N) is 3. The number of para-hydroxylation sites is 1. The predicted octanol–water partition coefficient (Wildman–Crippen LogP) is 1.64. The molecule has 0 radical (unpaired) electrons. The molecule has 0 unspecified atom stereocenters. The fourth-order valence-corrected chi connectivity index (χ4v) is 3.18. The van der Waals surface area contributed by atoms with Crippen LogP contribution in [-0.4, -0.2) is 46.3 Å². The summed E-state index contributed by atoms with van der Waals surface area (Å²) in [6.45, 7) is 6.78. The van der Waals surface area contributed by atoms with Gasteiger partial charge in [0.25, 0.3) is 5.91 Å². The molecule has 112 valence electrons. The van der Waals surface area contributed by atoms with Gasteiger partial charge in [0, 0.05) is 31.6 Å². The van der Waals surface area contributed by atoms with Gasteiger partial charge in [0.05, 0.1) is 5.52 Å². The lowest BCUT2D eigenvalue weighted by atomic mass is 10.1. The molecule has 2 aromatic rings. The summed E-state index contributed by atoms with van der Waals surface area (Å²) < 4.78 is 1.78. The number of aromatic nitrogens is 2. The van der Waals surface area contributed by atoms with Crippen LogP contribution in [0, 0.1) is 5.92 Å². The highest BCUT2D eigenvalue weighted by Gasteiger charge is 2.33. The fraction of sp³-hybridized carbons (Fsp3) is 0.500. The van der Waals surface area contributed by atoms with Crippen molar-refractivity contribution in [2.24, 2.45) is 13.0 Å². The van der Waals surface area contributed by atoms with Crippen molar-refractivity contribution in [3.63, 3.8) is 0 Å². The zero-order valence-electron chi connectivity index (χ0n) is 12.8. The molecule has 3 rings (SSSR count). The van der Waals surface area contributed by atoms with Crippen molar-refractivity contribution in [3.05, 3.63) is 30.0 Å². The van der Waals surface area contributed by atoms with Gasteiger partial charge in [0.1, 0.15) is 0 Å². The van der Waals surface area contributed by atoms with Crippen LogP contribution in [0.4, 0.5) is 0 Å². The quantitative estimate of drug-likeness (QED) is 0.933. The third kappa shape index (κ3) is 2.42. The van der Waals surface area contributed by atoms with E-state index in [2.05, 4.69) is 24.3 Å². The lowest BCUT2D eigenvalue weighted by Gasteiger charge is -2.15. The van der Waals surface area contributed by atoms with Crippen molar-refractivity contribution >= 4 is 16.8 Å². The van der Waals surface area contributed by atoms with E-state index in [1.54, 1.807) is 4.68 Å². The van der Waals surface area contributed by atoms with Gasteiger partial charge in [0.15, 0.2) is 5.69 Å². The number of hydrogen-bond donors (Lipinski definition) is 1. The van der Waals surface area contributed by atoms with Crippen LogP contribution in [-0.2, 0) is 7.05 Å². The van der Waals surface area contributed by atoms with Gasteiger partial charge in [-0.2, -0.15) is 5.10 Å². The van der Waals surface area contributed by atoms with Crippen molar-refractivity contribution in [2.75, 3.05) is 19.6 Å². The van der Waals surface area contributed by atoms with Gasteiger partial charge < -0.3 is 10.2 Å². The second-order valence-corrected chi connectivity index (χ2v) is 5.84. The zero-order chi connectivity index (χ0) is 15.0. The Kier molecular flexibility index (Phi) is 3.68. The summed E-state index contributed by atoms with van der Waals surface area (Å²) >= 11 is 0. The van der Waals surface area contributed by atoms with Crippen molar-refractivity contribution < 1.29 is 4.79 Å². The maximum Gasteiger partial charge on any atom is 0.275 e. The Morgan fingerprint density at radius 3 is 2.90 bits per heavy atom. The molecule has 0 aliphatic carbocycles.